The van der Waals surface area contributed by atoms with Gasteiger partial charge < -0.3 is 33.8 Å². The molecule has 0 bridgehead atoms. The van der Waals surface area contributed by atoms with Gasteiger partial charge in [0.25, 0.3) is 0 Å². The number of esters is 4. The van der Waals surface area contributed by atoms with Crippen LogP contribution in [0.5, 0.6) is 0 Å². The van der Waals surface area contributed by atoms with Crippen LogP contribution in [0, 0.1) is 5.92 Å². The second-order valence-electron chi connectivity index (χ2n) is 23.3. The fourth-order valence-electron chi connectivity index (χ4n) is 9.41. The van der Waals surface area contributed by atoms with Gasteiger partial charge in [-0.15, -0.1) is 0 Å². The zero-order valence-corrected chi connectivity index (χ0v) is 54.4. The molecule has 0 aliphatic heterocycles. The highest BCUT2D eigenvalue weighted by atomic mass is 31.2. The summed E-state index contributed by atoms with van der Waals surface area (Å²) in [6, 6.07) is 0. The molecule has 0 saturated carbocycles. The molecular formula is C63H122O17P2. The summed E-state index contributed by atoms with van der Waals surface area (Å²) in [6.45, 7) is 7.11. The molecule has 486 valence electrons. The lowest BCUT2D eigenvalue weighted by Crippen LogP contribution is -2.30. The summed E-state index contributed by atoms with van der Waals surface area (Å²) < 4.78 is 67.9. The number of rotatable bonds is 63. The van der Waals surface area contributed by atoms with Crippen molar-refractivity contribution < 1.29 is 80.2 Å². The third-order valence-corrected chi connectivity index (χ3v) is 16.4. The molecule has 0 aromatic heterocycles. The molecule has 0 rings (SSSR count). The summed E-state index contributed by atoms with van der Waals surface area (Å²) in [5.74, 6) is -1.41. The molecule has 19 heteroatoms. The van der Waals surface area contributed by atoms with E-state index in [0.717, 1.165) is 109 Å². The number of hydrogen-bond acceptors (Lipinski definition) is 15. The number of phosphoric ester groups is 2. The molecule has 17 nitrogen and oxygen atoms in total. The summed E-state index contributed by atoms with van der Waals surface area (Å²) in [6.07, 6.45) is 40.4. The topological polar surface area (TPSA) is 237 Å². The minimum atomic E-state index is -4.94. The fraction of sp³-hybridized carbons (Fsp3) is 0.937. The maximum absolute atomic E-state index is 13.0. The van der Waals surface area contributed by atoms with Crippen LogP contribution in [0.15, 0.2) is 0 Å². The number of aliphatic hydroxyl groups is 1. The van der Waals surface area contributed by atoms with E-state index in [0.29, 0.717) is 25.7 Å². The van der Waals surface area contributed by atoms with Crippen molar-refractivity contribution in [2.45, 2.75) is 335 Å². The molecule has 0 saturated heterocycles. The van der Waals surface area contributed by atoms with Crippen LogP contribution in [0.2, 0.25) is 0 Å². The minimum Gasteiger partial charge on any atom is -0.462 e. The Morgan fingerprint density at radius 2 is 0.561 bits per heavy atom. The fourth-order valence-corrected chi connectivity index (χ4v) is 11.0. The van der Waals surface area contributed by atoms with Crippen molar-refractivity contribution in [1.29, 1.82) is 0 Å². The summed E-state index contributed by atoms with van der Waals surface area (Å²) in [7, 11) is -9.88. The Kier molecular flexibility index (Phi) is 55.5. The molecule has 0 aromatic carbocycles. The zero-order valence-electron chi connectivity index (χ0n) is 52.6. The van der Waals surface area contributed by atoms with Crippen molar-refractivity contribution in [3.63, 3.8) is 0 Å². The maximum Gasteiger partial charge on any atom is 0.472 e. The number of hydrogen-bond donors (Lipinski definition) is 3. The molecule has 2 unspecified atom stereocenters. The smallest absolute Gasteiger partial charge is 0.462 e. The first-order chi connectivity index (χ1) is 39.5. The zero-order chi connectivity index (χ0) is 60.6. The maximum atomic E-state index is 13.0. The van der Waals surface area contributed by atoms with Crippen molar-refractivity contribution in [2.75, 3.05) is 39.6 Å². The number of ether oxygens (including phenoxy) is 4. The standard InChI is InChI=1S/C63H122O17P2/c1-6-9-12-15-18-20-22-23-24-25-27-34-39-44-49-63(68)80-59(53-74-61(66)47-42-37-32-29-28-31-35-40-45-56(4)5)55-78-82(71,72)76-51-57(64)50-75-81(69,70)77-54-58(52-73-60(65)46-41-36-30-17-14-11-8-3)79-62(67)48-43-38-33-26-21-19-16-13-10-7-2/h56-59,64H,6-55H2,1-5H3,(H,69,70)(H,71,72)/t57-,58+,59+/m0/s1. The van der Waals surface area contributed by atoms with Crippen LogP contribution < -0.4 is 0 Å². The second-order valence-corrected chi connectivity index (χ2v) is 26.2. The van der Waals surface area contributed by atoms with Gasteiger partial charge in [-0.2, -0.15) is 0 Å². The highest BCUT2D eigenvalue weighted by Crippen LogP contribution is 2.45. The van der Waals surface area contributed by atoms with E-state index in [1.807, 2.05) is 0 Å². The number of carbonyl (C=O) groups is 4. The lowest BCUT2D eigenvalue weighted by atomic mass is 10.0. The largest absolute Gasteiger partial charge is 0.472 e. The summed E-state index contributed by atoms with van der Waals surface area (Å²) in [4.78, 5) is 72.0. The van der Waals surface area contributed by atoms with Crippen LogP contribution >= 0.6 is 15.6 Å². The van der Waals surface area contributed by atoms with E-state index < -0.39 is 97.5 Å². The molecule has 0 heterocycles. The normalized spacial score (nSPS) is 14.3. The first-order valence-corrected chi connectivity index (χ1v) is 36.1. The van der Waals surface area contributed by atoms with Gasteiger partial charge >= 0.3 is 39.5 Å². The van der Waals surface area contributed by atoms with Crippen LogP contribution in [0.3, 0.4) is 0 Å². The van der Waals surface area contributed by atoms with E-state index in [2.05, 4.69) is 34.6 Å². The molecule has 82 heavy (non-hydrogen) atoms. The van der Waals surface area contributed by atoms with Crippen LogP contribution in [-0.4, -0.2) is 96.7 Å². The first kappa shape index (κ1) is 80.1. The number of aliphatic hydroxyl groups excluding tert-OH is 1. The lowest BCUT2D eigenvalue weighted by Gasteiger charge is -2.21. The van der Waals surface area contributed by atoms with Gasteiger partial charge in [0.05, 0.1) is 26.4 Å². The summed E-state index contributed by atoms with van der Waals surface area (Å²) >= 11 is 0. The summed E-state index contributed by atoms with van der Waals surface area (Å²) in [5, 5.41) is 10.5. The Morgan fingerprint density at radius 1 is 0.329 bits per heavy atom. The SMILES string of the molecule is CCCCCCCCCCCCCCCCC(=O)O[C@H](COC(=O)CCCCCCCCCCC(C)C)COP(=O)(O)OC[C@@H](O)COP(=O)(O)OC[C@@H](COC(=O)CCCCCCCCC)OC(=O)CCCCCCCCCCCC. The Hall–Kier alpha value is -1.94. The van der Waals surface area contributed by atoms with Gasteiger partial charge in [-0.05, 0) is 31.6 Å². The van der Waals surface area contributed by atoms with Gasteiger partial charge in [0, 0.05) is 25.7 Å². The molecule has 0 fully saturated rings. The highest BCUT2D eigenvalue weighted by molar-refractivity contribution is 7.47. The van der Waals surface area contributed by atoms with E-state index >= 15 is 0 Å². The van der Waals surface area contributed by atoms with Crippen LogP contribution in [0.1, 0.15) is 317 Å². The van der Waals surface area contributed by atoms with Gasteiger partial charge in [0.15, 0.2) is 12.2 Å². The monoisotopic (exact) mass is 1210 g/mol. The van der Waals surface area contributed by atoms with Gasteiger partial charge in [0.1, 0.15) is 19.3 Å². The molecule has 0 amide bonds. The quantitative estimate of drug-likeness (QED) is 0.0222. The molecule has 0 aliphatic carbocycles. The molecular weight excluding hydrogens is 1090 g/mol. The van der Waals surface area contributed by atoms with Gasteiger partial charge in [0.2, 0.25) is 0 Å². The van der Waals surface area contributed by atoms with Crippen LogP contribution in [0.25, 0.3) is 0 Å². The number of phosphoric acid groups is 2. The van der Waals surface area contributed by atoms with E-state index in [1.165, 1.54) is 128 Å². The van der Waals surface area contributed by atoms with Gasteiger partial charge in [-0.3, -0.25) is 37.3 Å². The Bertz CT molecular complexity index is 1600. The van der Waals surface area contributed by atoms with Crippen molar-refractivity contribution in [1.82, 2.24) is 0 Å². The van der Waals surface area contributed by atoms with Crippen molar-refractivity contribution in [2.24, 2.45) is 5.92 Å². The molecule has 5 atom stereocenters. The first-order valence-electron chi connectivity index (χ1n) is 33.1. The lowest BCUT2D eigenvalue weighted by molar-refractivity contribution is -0.161. The highest BCUT2D eigenvalue weighted by Gasteiger charge is 2.30. The second kappa shape index (κ2) is 56.8. The molecule has 0 aromatic rings. The predicted molar refractivity (Wildman–Crippen MR) is 326 cm³/mol. The van der Waals surface area contributed by atoms with Crippen LogP contribution in [-0.2, 0) is 65.4 Å². The Morgan fingerprint density at radius 3 is 0.829 bits per heavy atom. The average molecular weight is 1210 g/mol. The van der Waals surface area contributed by atoms with E-state index in [-0.39, 0.29) is 25.7 Å². The minimum absolute atomic E-state index is 0.106. The van der Waals surface area contributed by atoms with E-state index in [9.17, 15) is 43.2 Å². The Balaban J connectivity index is 5.21. The predicted octanol–water partition coefficient (Wildman–Crippen LogP) is 17.4. The van der Waals surface area contributed by atoms with Crippen molar-refractivity contribution >= 4 is 39.5 Å². The molecule has 3 N–H and O–H groups in total. The van der Waals surface area contributed by atoms with Crippen LogP contribution in [0.4, 0.5) is 0 Å². The van der Waals surface area contributed by atoms with Crippen molar-refractivity contribution in [3.05, 3.63) is 0 Å². The molecule has 0 spiro atoms. The molecule has 0 aliphatic rings. The third kappa shape index (κ3) is 57.2. The van der Waals surface area contributed by atoms with Gasteiger partial charge in [-0.25, -0.2) is 9.13 Å². The molecule has 0 radical (unpaired) electrons. The third-order valence-electron chi connectivity index (χ3n) is 14.5. The van der Waals surface area contributed by atoms with E-state index in [1.54, 1.807) is 0 Å². The van der Waals surface area contributed by atoms with Gasteiger partial charge in [-0.1, -0.05) is 266 Å². The summed E-state index contributed by atoms with van der Waals surface area (Å²) in [5.41, 5.74) is 0. The Labute approximate surface area is 498 Å². The average Bonchev–Trinajstić information content (AvgIpc) is 3.45. The number of carbonyl (C=O) groups excluding carboxylic acids is 4. The van der Waals surface area contributed by atoms with Crippen molar-refractivity contribution in [3.8, 4) is 0 Å². The van der Waals surface area contributed by atoms with E-state index in [4.69, 9.17) is 37.0 Å². The number of unbranched alkanes of at least 4 members (excludes halogenated alkanes) is 35.